The fraction of sp³-hybridized carbons (Fsp3) is 0.812. The van der Waals surface area contributed by atoms with E-state index in [4.69, 9.17) is 9.16 Å². The van der Waals surface area contributed by atoms with Crippen LogP contribution in [0.5, 0.6) is 0 Å². The summed E-state index contributed by atoms with van der Waals surface area (Å²) in [4.78, 5) is 0. The molecule has 0 saturated carbocycles. The molecular formula is C16H31NO2SiW. The fourth-order valence-corrected chi connectivity index (χ4v) is 4.90. The molecule has 0 amide bonds. The Bertz CT molecular complexity index is 415. The zero-order valence-corrected chi connectivity index (χ0v) is 18.7. The van der Waals surface area contributed by atoms with Gasteiger partial charge in [0.1, 0.15) is 0 Å². The summed E-state index contributed by atoms with van der Waals surface area (Å²) in [6.07, 6.45) is 3.34. The van der Waals surface area contributed by atoms with Crippen molar-refractivity contribution in [3.63, 3.8) is 0 Å². The molecule has 0 saturated heterocycles. The quantitative estimate of drug-likeness (QED) is 0.611. The van der Waals surface area contributed by atoms with Gasteiger partial charge in [-0.3, -0.25) is 0 Å². The molecule has 1 unspecified atom stereocenters. The van der Waals surface area contributed by atoms with Crippen LogP contribution in [0.2, 0.25) is 18.1 Å². The van der Waals surface area contributed by atoms with Crippen LogP contribution in [0.15, 0.2) is 11.8 Å². The number of rotatable bonds is 5. The van der Waals surface area contributed by atoms with E-state index in [2.05, 4.69) is 52.2 Å². The molecule has 0 radical (unpaired) electrons. The Morgan fingerprint density at radius 3 is 2.38 bits per heavy atom. The molecule has 0 fully saturated rings. The van der Waals surface area contributed by atoms with Crippen molar-refractivity contribution >= 4 is 12.3 Å². The zero-order chi connectivity index (χ0) is 16.4. The number of methoxy groups -OCH3 is 1. The Labute approximate surface area is 142 Å². The molecule has 0 spiro atoms. The van der Waals surface area contributed by atoms with Gasteiger partial charge in [0.15, 0.2) is 0 Å². The first-order chi connectivity index (χ1) is 9.53. The van der Waals surface area contributed by atoms with Crippen molar-refractivity contribution in [1.29, 1.82) is 0 Å². The second-order valence-electron chi connectivity index (χ2n) is 7.52. The molecule has 122 valence electrons. The Balaban J connectivity index is 2.97. The Morgan fingerprint density at radius 1 is 1.38 bits per heavy atom. The van der Waals surface area contributed by atoms with Gasteiger partial charge < -0.3 is 0 Å². The number of allylic oxidation sites excluding steroid dienone is 1. The van der Waals surface area contributed by atoms with Crippen molar-refractivity contribution < 1.29 is 28.5 Å². The summed E-state index contributed by atoms with van der Waals surface area (Å²) in [6.45, 7) is 13.8. The molecule has 1 rings (SSSR count). The molecule has 5 heteroatoms. The minimum absolute atomic E-state index is 0.119. The van der Waals surface area contributed by atoms with Gasteiger partial charge in [0.05, 0.1) is 0 Å². The van der Waals surface area contributed by atoms with Gasteiger partial charge in [0.2, 0.25) is 0 Å². The Hall–Kier alpha value is 0.235. The molecule has 0 heterocycles. The molecule has 1 N–H and O–H groups in total. The number of hydrogen-bond donors (Lipinski definition) is 1. The van der Waals surface area contributed by atoms with Gasteiger partial charge in [-0.1, -0.05) is 0 Å². The minimum atomic E-state index is -1.76. The van der Waals surface area contributed by atoms with E-state index in [-0.39, 0.29) is 11.1 Å². The SMILES string of the molecule is CN[C](=[W])C1[C@H](C)CC(O[Si](C)(C)C(C)(C)C)=C[C@@H]1OC. The van der Waals surface area contributed by atoms with Gasteiger partial charge >= 0.3 is 142 Å². The number of hydrogen-bond acceptors (Lipinski definition) is 3. The Kier molecular flexibility index (Phi) is 6.62. The summed E-state index contributed by atoms with van der Waals surface area (Å²) in [7, 11) is 2.04. The average molecular weight is 481 g/mol. The van der Waals surface area contributed by atoms with Crippen LogP contribution in [0, 0.1) is 11.8 Å². The molecule has 3 nitrogen and oxygen atoms in total. The first kappa shape index (κ1) is 19.3. The van der Waals surface area contributed by atoms with Crippen LogP contribution in [0.1, 0.15) is 34.1 Å². The van der Waals surface area contributed by atoms with Gasteiger partial charge in [-0.15, -0.1) is 0 Å². The van der Waals surface area contributed by atoms with Gasteiger partial charge in [-0.05, 0) is 0 Å². The summed E-state index contributed by atoms with van der Waals surface area (Å²) >= 11 is 1.49. The summed E-state index contributed by atoms with van der Waals surface area (Å²) in [5, 5.41) is 3.56. The maximum absolute atomic E-state index is 6.50. The van der Waals surface area contributed by atoms with Gasteiger partial charge in [0, 0.05) is 0 Å². The maximum atomic E-state index is 6.50. The third-order valence-corrected chi connectivity index (χ3v) is 11.0. The van der Waals surface area contributed by atoms with E-state index in [9.17, 15) is 0 Å². The van der Waals surface area contributed by atoms with E-state index in [1.807, 2.05) is 7.05 Å². The second-order valence-corrected chi connectivity index (χ2v) is 13.8. The predicted octanol–water partition coefficient (Wildman–Crippen LogP) is 3.46. The Morgan fingerprint density at radius 2 is 1.95 bits per heavy atom. The van der Waals surface area contributed by atoms with Gasteiger partial charge in [0.25, 0.3) is 0 Å². The summed E-state index contributed by atoms with van der Waals surface area (Å²) < 4.78 is 13.6. The molecule has 3 atom stereocenters. The summed E-state index contributed by atoms with van der Waals surface area (Å²) in [5.41, 5.74) is 0. The van der Waals surface area contributed by atoms with Crippen molar-refractivity contribution in [3.8, 4) is 0 Å². The average Bonchev–Trinajstić information content (AvgIpc) is 2.35. The third kappa shape index (κ3) is 4.60. The monoisotopic (exact) mass is 481 g/mol. The molecule has 0 aromatic carbocycles. The van der Waals surface area contributed by atoms with Crippen LogP contribution in [-0.2, 0) is 28.5 Å². The van der Waals surface area contributed by atoms with Crippen LogP contribution in [0.3, 0.4) is 0 Å². The van der Waals surface area contributed by atoms with Gasteiger partial charge in [-0.2, -0.15) is 0 Å². The van der Waals surface area contributed by atoms with Crippen molar-refractivity contribution in [3.05, 3.63) is 11.8 Å². The molecule has 1 aliphatic rings. The van der Waals surface area contributed by atoms with Crippen molar-refractivity contribution in [2.75, 3.05) is 14.2 Å². The van der Waals surface area contributed by atoms with Crippen LogP contribution >= 0.6 is 0 Å². The number of ether oxygens (including phenoxy) is 1. The van der Waals surface area contributed by atoms with Crippen LogP contribution in [0.4, 0.5) is 0 Å². The standard InChI is InChI=1S/C16H31NO2Si.W/c1-12-9-13(19-20(7,8)16(2,3)4)10-15(18-6)14(12)11-17-5;/h10,12,14-15,17H,9H2,1-8H3;/t12-,14?,15+;/m1./s1. The van der Waals surface area contributed by atoms with E-state index in [0.717, 1.165) is 12.2 Å². The molecule has 21 heavy (non-hydrogen) atoms. The van der Waals surface area contributed by atoms with Crippen LogP contribution in [0.25, 0.3) is 0 Å². The van der Waals surface area contributed by atoms with E-state index < -0.39 is 8.32 Å². The van der Waals surface area contributed by atoms with E-state index >= 15 is 0 Å². The van der Waals surface area contributed by atoms with Crippen molar-refractivity contribution in [2.45, 2.75) is 58.4 Å². The fourth-order valence-electron chi connectivity index (χ4n) is 2.47. The van der Waals surface area contributed by atoms with Crippen molar-refractivity contribution in [1.82, 2.24) is 5.32 Å². The van der Waals surface area contributed by atoms with E-state index in [1.165, 1.54) is 23.4 Å². The molecule has 1 aliphatic carbocycles. The predicted molar refractivity (Wildman–Crippen MR) is 88.5 cm³/mol. The normalized spacial score (nSPS) is 27.2. The molecular weight excluding hydrogens is 450 g/mol. The van der Waals surface area contributed by atoms with Gasteiger partial charge in [-0.25, -0.2) is 0 Å². The first-order valence-corrected chi connectivity index (χ1v) is 12.0. The summed E-state index contributed by atoms with van der Waals surface area (Å²) in [5.74, 6) is 2.12. The molecule has 0 bridgehead atoms. The summed E-state index contributed by atoms with van der Waals surface area (Å²) in [6, 6.07) is 0. The third-order valence-electron chi connectivity index (χ3n) is 4.85. The number of nitrogens with one attached hydrogen (secondary N) is 1. The van der Waals surface area contributed by atoms with Crippen LogP contribution < -0.4 is 5.32 Å². The first-order valence-electron chi connectivity index (χ1n) is 7.67. The zero-order valence-electron chi connectivity index (χ0n) is 14.7. The topological polar surface area (TPSA) is 30.5 Å². The molecule has 0 aromatic heterocycles. The second kappa shape index (κ2) is 7.21. The molecule has 0 aliphatic heterocycles. The van der Waals surface area contributed by atoms with E-state index in [1.54, 1.807) is 7.11 Å². The van der Waals surface area contributed by atoms with E-state index in [0.29, 0.717) is 11.8 Å². The molecule has 0 aromatic rings. The van der Waals surface area contributed by atoms with Crippen LogP contribution in [-0.4, -0.2) is 32.6 Å². The van der Waals surface area contributed by atoms with Crippen molar-refractivity contribution in [2.24, 2.45) is 11.8 Å².